The molecule has 0 radical (unpaired) electrons. The molecular weight excluding hydrogens is 202 g/mol. The molecule has 16 heavy (non-hydrogen) atoms. The molecular formula is C13H15NO2. The third-order valence-corrected chi connectivity index (χ3v) is 2.63. The van der Waals surface area contributed by atoms with Crippen molar-refractivity contribution in [3.63, 3.8) is 0 Å². The average Bonchev–Trinajstić information content (AvgIpc) is 2.74. The molecule has 3 nitrogen and oxygen atoms in total. The zero-order valence-electron chi connectivity index (χ0n) is 9.73. The van der Waals surface area contributed by atoms with Crippen LogP contribution >= 0.6 is 0 Å². The Morgan fingerprint density at radius 3 is 2.00 bits per heavy atom. The molecule has 1 heterocycles. The Balaban J connectivity index is 2.66. The van der Waals surface area contributed by atoms with E-state index in [9.17, 15) is 0 Å². The van der Waals surface area contributed by atoms with Gasteiger partial charge in [-0.05, 0) is 24.3 Å². The van der Waals surface area contributed by atoms with Gasteiger partial charge in [-0.2, -0.15) is 0 Å². The van der Waals surface area contributed by atoms with Crippen molar-refractivity contribution in [1.82, 2.24) is 4.57 Å². The summed E-state index contributed by atoms with van der Waals surface area (Å²) in [6, 6.07) is 9.83. The van der Waals surface area contributed by atoms with Gasteiger partial charge in [0.05, 0.1) is 25.5 Å². The van der Waals surface area contributed by atoms with Crippen LogP contribution in [0.25, 0.3) is 11.3 Å². The number of ether oxygens (including phenoxy) is 2. The van der Waals surface area contributed by atoms with Crippen LogP contribution in [0, 0.1) is 0 Å². The van der Waals surface area contributed by atoms with E-state index in [1.54, 1.807) is 14.2 Å². The lowest BCUT2D eigenvalue weighted by atomic mass is 10.1. The number of aryl methyl sites for hydroxylation is 1. The van der Waals surface area contributed by atoms with E-state index in [4.69, 9.17) is 9.47 Å². The molecule has 0 N–H and O–H groups in total. The predicted octanol–water partition coefficient (Wildman–Crippen LogP) is 2.71. The number of aromatic nitrogens is 1. The number of benzene rings is 1. The van der Waals surface area contributed by atoms with Crippen molar-refractivity contribution < 1.29 is 9.47 Å². The van der Waals surface area contributed by atoms with E-state index in [0.29, 0.717) is 0 Å². The van der Waals surface area contributed by atoms with Crippen LogP contribution in [-0.2, 0) is 7.05 Å². The SMILES string of the molecule is COc1cccc(OC)c1-c1cccn1C. The number of methoxy groups -OCH3 is 2. The molecule has 0 aliphatic heterocycles. The quantitative estimate of drug-likeness (QED) is 0.789. The summed E-state index contributed by atoms with van der Waals surface area (Å²) >= 11 is 0. The maximum absolute atomic E-state index is 5.37. The van der Waals surface area contributed by atoms with Gasteiger partial charge in [-0.25, -0.2) is 0 Å². The summed E-state index contributed by atoms with van der Waals surface area (Å²) in [6.07, 6.45) is 2.00. The second kappa shape index (κ2) is 4.31. The lowest BCUT2D eigenvalue weighted by Gasteiger charge is -2.13. The first-order valence-corrected chi connectivity index (χ1v) is 5.10. The molecule has 3 heteroatoms. The molecule has 0 saturated carbocycles. The molecule has 0 bridgehead atoms. The van der Waals surface area contributed by atoms with Crippen molar-refractivity contribution in [2.75, 3.05) is 14.2 Å². The first-order valence-electron chi connectivity index (χ1n) is 5.10. The molecule has 1 aromatic heterocycles. The average molecular weight is 217 g/mol. The van der Waals surface area contributed by atoms with Gasteiger partial charge in [0.25, 0.3) is 0 Å². The summed E-state index contributed by atoms with van der Waals surface area (Å²) in [4.78, 5) is 0. The van der Waals surface area contributed by atoms with Crippen molar-refractivity contribution in [2.24, 2.45) is 7.05 Å². The molecule has 84 valence electrons. The first kappa shape index (κ1) is 10.6. The largest absolute Gasteiger partial charge is 0.496 e. The lowest BCUT2D eigenvalue weighted by molar-refractivity contribution is 0.397. The lowest BCUT2D eigenvalue weighted by Crippen LogP contribution is -1.96. The molecule has 0 unspecified atom stereocenters. The molecule has 1 aromatic carbocycles. The minimum Gasteiger partial charge on any atom is -0.496 e. The Morgan fingerprint density at radius 2 is 1.56 bits per heavy atom. The standard InChI is InChI=1S/C13H15NO2/c1-14-9-5-6-10(14)13-11(15-2)7-4-8-12(13)16-3/h4-9H,1-3H3. The van der Waals surface area contributed by atoms with Crippen molar-refractivity contribution >= 4 is 0 Å². The molecule has 0 spiro atoms. The van der Waals surface area contributed by atoms with Crippen LogP contribution in [0.5, 0.6) is 11.5 Å². The molecule has 0 fully saturated rings. The van der Waals surface area contributed by atoms with E-state index < -0.39 is 0 Å². The van der Waals surface area contributed by atoms with Gasteiger partial charge >= 0.3 is 0 Å². The Morgan fingerprint density at radius 1 is 0.938 bits per heavy atom. The fourth-order valence-corrected chi connectivity index (χ4v) is 1.82. The van der Waals surface area contributed by atoms with Crippen molar-refractivity contribution in [3.8, 4) is 22.8 Å². The van der Waals surface area contributed by atoms with Gasteiger partial charge in [0.15, 0.2) is 0 Å². The molecule has 0 atom stereocenters. The molecule has 2 rings (SSSR count). The van der Waals surface area contributed by atoms with Crippen LogP contribution in [0.15, 0.2) is 36.5 Å². The summed E-state index contributed by atoms with van der Waals surface area (Å²) in [7, 11) is 5.34. The van der Waals surface area contributed by atoms with Gasteiger partial charge in [0.1, 0.15) is 11.5 Å². The Bertz CT molecular complexity index is 466. The van der Waals surface area contributed by atoms with Crippen LogP contribution in [0.3, 0.4) is 0 Å². The topological polar surface area (TPSA) is 23.4 Å². The zero-order chi connectivity index (χ0) is 11.5. The zero-order valence-corrected chi connectivity index (χ0v) is 9.73. The maximum Gasteiger partial charge on any atom is 0.131 e. The first-order chi connectivity index (χ1) is 7.77. The summed E-state index contributed by atoms with van der Waals surface area (Å²) in [5, 5.41) is 0. The van der Waals surface area contributed by atoms with E-state index in [1.165, 1.54) is 0 Å². The van der Waals surface area contributed by atoms with Crippen LogP contribution in [0.4, 0.5) is 0 Å². The van der Waals surface area contributed by atoms with Crippen LogP contribution in [-0.4, -0.2) is 18.8 Å². The molecule has 2 aromatic rings. The van der Waals surface area contributed by atoms with Gasteiger partial charge in [-0.15, -0.1) is 0 Å². The van der Waals surface area contributed by atoms with Crippen LogP contribution in [0.1, 0.15) is 0 Å². The highest BCUT2D eigenvalue weighted by Gasteiger charge is 2.13. The Hall–Kier alpha value is -1.90. The number of rotatable bonds is 3. The van der Waals surface area contributed by atoms with E-state index in [2.05, 4.69) is 0 Å². The fourth-order valence-electron chi connectivity index (χ4n) is 1.82. The third kappa shape index (κ3) is 1.65. The second-order valence-corrected chi connectivity index (χ2v) is 3.54. The van der Waals surface area contributed by atoms with Gasteiger partial charge in [0.2, 0.25) is 0 Å². The summed E-state index contributed by atoms with van der Waals surface area (Å²) < 4.78 is 12.8. The minimum absolute atomic E-state index is 0.821. The van der Waals surface area contributed by atoms with Crippen molar-refractivity contribution in [1.29, 1.82) is 0 Å². The smallest absolute Gasteiger partial charge is 0.131 e. The molecule has 0 aliphatic carbocycles. The van der Waals surface area contributed by atoms with Gasteiger partial charge in [-0.1, -0.05) is 6.07 Å². The summed E-state index contributed by atoms with van der Waals surface area (Å²) in [5.74, 6) is 1.64. The predicted molar refractivity (Wildman–Crippen MR) is 64.0 cm³/mol. The number of nitrogens with zero attached hydrogens (tertiary/aromatic N) is 1. The second-order valence-electron chi connectivity index (χ2n) is 3.54. The monoisotopic (exact) mass is 217 g/mol. The normalized spacial score (nSPS) is 10.2. The highest BCUT2D eigenvalue weighted by molar-refractivity contribution is 5.74. The molecule has 0 amide bonds. The van der Waals surface area contributed by atoms with E-state index in [-0.39, 0.29) is 0 Å². The number of hydrogen-bond acceptors (Lipinski definition) is 2. The third-order valence-electron chi connectivity index (χ3n) is 2.63. The molecule has 0 saturated heterocycles. The van der Waals surface area contributed by atoms with E-state index >= 15 is 0 Å². The fraction of sp³-hybridized carbons (Fsp3) is 0.231. The van der Waals surface area contributed by atoms with Gasteiger partial charge in [0, 0.05) is 13.2 Å². The summed E-state index contributed by atoms with van der Waals surface area (Å²) in [5.41, 5.74) is 2.06. The molecule has 0 aliphatic rings. The highest BCUT2D eigenvalue weighted by Crippen LogP contribution is 2.37. The van der Waals surface area contributed by atoms with Gasteiger partial charge in [-0.3, -0.25) is 0 Å². The number of hydrogen-bond donors (Lipinski definition) is 0. The van der Waals surface area contributed by atoms with Crippen LogP contribution in [0.2, 0.25) is 0 Å². The highest BCUT2D eigenvalue weighted by atomic mass is 16.5. The minimum atomic E-state index is 0.821. The van der Waals surface area contributed by atoms with Crippen molar-refractivity contribution in [2.45, 2.75) is 0 Å². The Kier molecular flexibility index (Phi) is 2.86. The summed E-state index contributed by atoms with van der Waals surface area (Å²) in [6.45, 7) is 0. The van der Waals surface area contributed by atoms with Crippen molar-refractivity contribution in [3.05, 3.63) is 36.5 Å². The van der Waals surface area contributed by atoms with E-state index in [0.717, 1.165) is 22.8 Å². The van der Waals surface area contributed by atoms with Crippen LogP contribution < -0.4 is 9.47 Å². The maximum atomic E-state index is 5.37. The van der Waals surface area contributed by atoms with E-state index in [1.807, 2.05) is 48.1 Å². The Labute approximate surface area is 95.2 Å². The van der Waals surface area contributed by atoms with Gasteiger partial charge < -0.3 is 14.0 Å².